The molecule has 2 aromatic carbocycles. The lowest BCUT2D eigenvalue weighted by Gasteiger charge is -2.24. The molecule has 30 heavy (non-hydrogen) atoms. The van der Waals surface area contributed by atoms with Crippen LogP contribution in [0.5, 0.6) is 0 Å². The maximum Gasteiger partial charge on any atom is 0.255 e. The Bertz CT molecular complexity index is 1410. The van der Waals surface area contributed by atoms with Crippen molar-refractivity contribution in [3.05, 3.63) is 89.0 Å². The smallest absolute Gasteiger partial charge is 0.255 e. The van der Waals surface area contributed by atoms with Crippen LogP contribution in [0.25, 0.3) is 33.2 Å². The molecule has 0 radical (unpaired) electrons. The summed E-state index contributed by atoms with van der Waals surface area (Å²) in [7, 11) is -3.39. The van der Waals surface area contributed by atoms with Gasteiger partial charge in [-0.3, -0.25) is 9.78 Å². The standard InChI is InChI=1S/C24H22N2O3S/c1-24(2,30(3,28)29)19-12-17-10-7-11-25-22(17)20(14-19)21-13-18(15-26-23(21)27)16-8-5-4-6-9-16/h4-15H,1-3H3,(H,26,27). The van der Waals surface area contributed by atoms with Crippen LogP contribution in [0.15, 0.2) is 77.9 Å². The molecular formula is C24H22N2O3S. The third-order valence-electron chi connectivity index (χ3n) is 5.63. The topological polar surface area (TPSA) is 79.9 Å². The van der Waals surface area contributed by atoms with Crippen molar-refractivity contribution in [2.24, 2.45) is 0 Å². The predicted molar refractivity (Wildman–Crippen MR) is 121 cm³/mol. The summed E-state index contributed by atoms with van der Waals surface area (Å²) in [5.74, 6) is 0. The van der Waals surface area contributed by atoms with E-state index in [4.69, 9.17) is 0 Å². The van der Waals surface area contributed by atoms with Gasteiger partial charge in [-0.15, -0.1) is 0 Å². The van der Waals surface area contributed by atoms with E-state index in [1.54, 1.807) is 38.4 Å². The quantitative estimate of drug-likeness (QED) is 0.528. The first-order valence-corrected chi connectivity index (χ1v) is 11.4. The zero-order valence-electron chi connectivity index (χ0n) is 17.0. The van der Waals surface area contributed by atoms with E-state index in [2.05, 4.69) is 9.97 Å². The van der Waals surface area contributed by atoms with Gasteiger partial charge in [-0.2, -0.15) is 0 Å². The molecule has 0 aliphatic heterocycles. The molecule has 0 amide bonds. The van der Waals surface area contributed by atoms with Gasteiger partial charge in [0.05, 0.1) is 10.3 Å². The molecule has 0 saturated heterocycles. The minimum atomic E-state index is -3.39. The molecule has 0 aliphatic rings. The highest BCUT2D eigenvalue weighted by Crippen LogP contribution is 2.36. The minimum Gasteiger partial charge on any atom is -0.328 e. The van der Waals surface area contributed by atoms with Crippen LogP contribution < -0.4 is 5.56 Å². The molecule has 152 valence electrons. The number of nitrogens with zero attached hydrogens (tertiary/aromatic N) is 1. The fraction of sp³-hybridized carbons (Fsp3) is 0.167. The molecule has 0 unspecified atom stereocenters. The van der Waals surface area contributed by atoms with Crippen molar-refractivity contribution in [2.45, 2.75) is 18.6 Å². The molecule has 2 aromatic heterocycles. The Hall–Kier alpha value is -3.25. The summed E-state index contributed by atoms with van der Waals surface area (Å²) in [5, 5.41) is 0.784. The average Bonchev–Trinajstić information content (AvgIpc) is 2.73. The number of aromatic nitrogens is 2. The first kappa shape index (κ1) is 20.0. The lowest BCUT2D eigenvalue weighted by Crippen LogP contribution is -2.28. The number of rotatable bonds is 4. The number of H-pyrrole nitrogens is 1. The zero-order valence-corrected chi connectivity index (χ0v) is 17.8. The van der Waals surface area contributed by atoms with Crippen LogP contribution in [0.1, 0.15) is 19.4 Å². The van der Waals surface area contributed by atoms with Gasteiger partial charge in [-0.25, -0.2) is 8.42 Å². The summed E-state index contributed by atoms with van der Waals surface area (Å²) < 4.78 is 23.8. The second-order valence-electron chi connectivity index (χ2n) is 7.88. The SMILES string of the molecule is CC(C)(c1cc(-c2cc(-c3ccccc3)c[nH]c2=O)c2ncccc2c1)S(C)(=O)=O. The number of pyridine rings is 2. The molecular weight excluding hydrogens is 396 g/mol. The maximum atomic E-state index is 12.8. The third-order valence-corrected chi connectivity index (χ3v) is 7.72. The lowest BCUT2D eigenvalue weighted by atomic mass is 9.93. The Morgan fingerprint density at radius 2 is 1.63 bits per heavy atom. The van der Waals surface area contributed by atoms with Crippen LogP contribution in [-0.4, -0.2) is 24.6 Å². The van der Waals surface area contributed by atoms with Crippen molar-refractivity contribution in [2.75, 3.05) is 6.26 Å². The molecule has 0 spiro atoms. The van der Waals surface area contributed by atoms with E-state index < -0.39 is 14.6 Å². The molecule has 4 aromatic rings. The number of hydrogen-bond donors (Lipinski definition) is 1. The van der Waals surface area contributed by atoms with Crippen LogP contribution in [-0.2, 0) is 14.6 Å². The normalized spacial score (nSPS) is 12.2. The Morgan fingerprint density at radius 3 is 2.33 bits per heavy atom. The molecule has 0 atom stereocenters. The molecule has 1 N–H and O–H groups in total. The Labute approximate surface area is 175 Å². The largest absolute Gasteiger partial charge is 0.328 e. The highest BCUT2D eigenvalue weighted by atomic mass is 32.2. The summed E-state index contributed by atoms with van der Waals surface area (Å²) in [6.07, 6.45) is 4.58. The van der Waals surface area contributed by atoms with E-state index in [1.807, 2.05) is 48.5 Å². The van der Waals surface area contributed by atoms with Crippen LogP contribution in [0.2, 0.25) is 0 Å². The maximum absolute atomic E-state index is 12.8. The van der Waals surface area contributed by atoms with Crippen molar-refractivity contribution in [1.82, 2.24) is 9.97 Å². The molecule has 0 bridgehead atoms. The Morgan fingerprint density at radius 1 is 0.900 bits per heavy atom. The fourth-order valence-corrected chi connectivity index (χ4v) is 3.99. The first-order chi connectivity index (χ1) is 14.2. The van der Waals surface area contributed by atoms with Crippen LogP contribution in [0.3, 0.4) is 0 Å². The van der Waals surface area contributed by atoms with E-state index in [1.165, 1.54) is 6.26 Å². The molecule has 0 fully saturated rings. The molecule has 2 heterocycles. The highest BCUT2D eigenvalue weighted by Gasteiger charge is 2.33. The van der Waals surface area contributed by atoms with Gasteiger partial charge >= 0.3 is 0 Å². The average molecular weight is 419 g/mol. The molecule has 0 aliphatic carbocycles. The van der Waals surface area contributed by atoms with Gasteiger partial charge in [0, 0.05) is 35.2 Å². The minimum absolute atomic E-state index is 0.254. The van der Waals surface area contributed by atoms with Crippen LogP contribution >= 0.6 is 0 Å². The van der Waals surface area contributed by atoms with E-state index in [-0.39, 0.29) is 5.56 Å². The number of fused-ring (bicyclic) bond motifs is 1. The van der Waals surface area contributed by atoms with E-state index >= 15 is 0 Å². The highest BCUT2D eigenvalue weighted by molar-refractivity contribution is 7.91. The predicted octanol–water partition coefficient (Wildman–Crippen LogP) is 4.54. The summed E-state index contributed by atoms with van der Waals surface area (Å²) in [6, 6.07) is 18.9. The second-order valence-corrected chi connectivity index (χ2v) is 10.4. The number of sulfone groups is 1. The van der Waals surface area contributed by atoms with Gasteiger partial charge in [0.1, 0.15) is 0 Å². The molecule has 6 heteroatoms. The van der Waals surface area contributed by atoms with Gasteiger partial charge in [0.2, 0.25) is 0 Å². The summed E-state index contributed by atoms with van der Waals surface area (Å²) in [5.41, 5.74) is 3.91. The number of nitrogens with one attached hydrogen (secondary N) is 1. The van der Waals surface area contributed by atoms with Gasteiger partial charge in [-0.05, 0) is 54.8 Å². The molecule has 5 nitrogen and oxygen atoms in total. The van der Waals surface area contributed by atoms with Gasteiger partial charge in [0.15, 0.2) is 9.84 Å². The van der Waals surface area contributed by atoms with Gasteiger partial charge < -0.3 is 4.98 Å². The fourth-order valence-electron chi connectivity index (χ4n) is 3.44. The number of benzene rings is 2. The van der Waals surface area contributed by atoms with E-state index in [0.717, 1.165) is 16.5 Å². The van der Waals surface area contributed by atoms with Crippen molar-refractivity contribution < 1.29 is 8.42 Å². The first-order valence-electron chi connectivity index (χ1n) is 9.56. The van der Waals surface area contributed by atoms with Crippen molar-refractivity contribution in [1.29, 1.82) is 0 Å². The van der Waals surface area contributed by atoms with E-state index in [0.29, 0.717) is 22.2 Å². The zero-order chi connectivity index (χ0) is 21.5. The number of hydrogen-bond acceptors (Lipinski definition) is 4. The second kappa shape index (κ2) is 7.22. The number of aromatic amines is 1. The monoisotopic (exact) mass is 418 g/mol. The van der Waals surface area contributed by atoms with E-state index in [9.17, 15) is 13.2 Å². The Balaban J connectivity index is 2.03. The lowest BCUT2D eigenvalue weighted by molar-refractivity contribution is 0.561. The molecule has 0 saturated carbocycles. The van der Waals surface area contributed by atoms with Gasteiger partial charge in [0.25, 0.3) is 5.56 Å². The molecule has 4 rings (SSSR count). The summed E-state index contributed by atoms with van der Waals surface area (Å²) in [4.78, 5) is 20.1. The summed E-state index contributed by atoms with van der Waals surface area (Å²) in [6.45, 7) is 3.35. The van der Waals surface area contributed by atoms with Crippen molar-refractivity contribution >= 4 is 20.7 Å². The van der Waals surface area contributed by atoms with Crippen LogP contribution in [0, 0.1) is 0 Å². The van der Waals surface area contributed by atoms with Crippen LogP contribution in [0.4, 0.5) is 0 Å². The van der Waals surface area contributed by atoms with Crippen molar-refractivity contribution in [3.63, 3.8) is 0 Å². The third kappa shape index (κ3) is 3.44. The van der Waals surface area contributed by atoms with Crippen molar-refractivity contribution in [3.8, 4) is 22.3 Å². The van der Waals surface area contributed by atoms with Gasteiger partial charge in [-0.1, -0.05) is 36.4 Å². The summed E-state index contributed by atoms with van der Waals surface area (Å²) >= 11 is 0. The Kier molecular flexibility index (Phi) is 4.82.